The van der Waals surface area contributed by atoms with E-state index in [1.807, 2.05) is 48.2 Å². The third-order valence-corrected chi connectivity index (χ3v) is 6.56. The number of amides is 1. The number of aryl methyl sites for hydroxylation is 2. The Kier molecular flexibility index (Phi) is 5.59. The van der Waals surface area contributed by atoms with Crippen molar-refractivity contribution in [3.63, 3.8) is 0 Å². The van der Waals surface area contributed by atoms with Gasteiger partial charge in [-0.1, -0.05) is 41.4 Å². The molecule has 3 aromatic rings. The number of halogens is 1. The first kappa shape index (κ1) is 21.5. The first-order valence-corrected chi connectivity index (χ1v) is 11.6. The summed E-state index contributed by atoms with van der Waals surface area (Å²) in [5.41, 5.74) is 4.60. The van der Waals surface area contributed by atoms with Gasteiger partial charge in [0.15, 0.2) is 5.75 Å². The third-order valence-electron chi connectivity index (χ3n) is 6.23. The lowest BCUT2D eigenvalue weighted by atomic mass is 10.1. The van der Waals surface area contributed by atoms with E-state index in [2.05, 4.69) is 30.9 Å². The second-order valence-electron chi connectivity index (χ2n) is 8.78. The summed E-state index contributed by atoms with van der Waals surface area (Å²) in [7, 11) is 0. The molecule has 0 aliphatic carbocycles. The maximum Gasteiger partial charge on any atom is 0.255 e. The number of carbonyl (C=O) groups excluding carboxylic acids is 1. The molecule has 3 aromatic carbocycles. The lowest BCUT2D eigenvalue weighted by molar-refractivity contribution is 0.0581. The number of aliphatic imine (C=N–C) groups is 1. The summed E-state index contributed by atoms with van der Waals surface area (Å²) in [5.74, 6) is 2.41. The van der Waals surface area contributed by atoms with Gasteiger partial charge in [0, 0.05) is 25.7 Å². The van der Waals surface area contributed by atoms with Gasteiger partial charge in [0.25, 0.3) is 5.91 Å². The molecular formula is C27H26ClN3O2. The second kappa shape index (κ2) is 8.56. The van der Waals surface area contributed by atoms with Crippen LogP contribution in [0, 0.1) is 13.8 Å². The Balaban J connectivity index is 1.48. The predicted octanol–water partition coefficient (Wildman–Crippen LogP) is 5.99. The van der Waals surface area contributed by atoms with Crippen molar-refractivity contribution in [3.8, 4) is 11.5 Å². The van der Waals surface area contributed by atoms with Crippen molar-refractivity contribution < 1.29 is 9.53 Å². The van der Waals surface area contributed by atoms with Crippen molar-refractivity contribution in [1.29, 1.82) is 0 Å². The molecule has 168 valence electrons. The minimum absolute atomic E-state index is 0.000131. The molecule has 2 aliphatic heterocycles. The van der Waals surface area contributed by atoms with Gasteiger partial charge in [0.05, 0.1) is 16.1 Å². The predicted molar refractivity (Wildman–Crippen MR) is 132 cm³/mol. The number of hydrogen-bond donors (Lipinski definition) is 0. The molecule has 33 heavy (non-hydrogen) atoms. The highest BCUT2D eigenvalue weighted by atomic mass is 35.5. The van der Waals surface area contributed by atoms with Crippen molar-refractivity contribution in [2.24, 2.45) is 4.99 Å². The van der Waals surface area contributed by atoms with Gasteiger partial charge in [-0.2, -0.15) is 0 Å². The van der Waals surface area contributed by atoms with Crippen LogP contribution >= 0.6 is 11.6 Å². The van der Waals surface area contributed by atoms with E-state index in [0.29, 0.717) is 30.2 Å². The van der Waals surface area contributed by atoms with E-state index in [0.717, 1.165) is 39.7 Å². The highest BCUT2D eigenvalue weighted by Crippen LogP contribution is 2.39. The Hall–Kier alpha value is -3.31. The first-order valence-electron chi connectivity index (χ1n) is 11.2. The molecule has 0 radical (unpaired) electrons. The smallest absolute Gasteiger partial charge is 0.255 e. The standard InChI is InChI=1S/C27H26ClN3O2/c1-17-9-11-24-21(14-17)26(29-23-10-8-18(2)15-25(23)33-24)30-12-13-31(19(3)16-30)27(32)20-6-4-5-7-22(20)28/h4-11,14-15,19H,12-13,16H2,1-3H3. The van der Waals surface area contributed by atoms with E-state index in [9.17, 15) is 4.79 Å². The first-order chi connectivity index (χ1) is 15.9. The number of benzene rings is 3. The Labute approximate surface area is 199 Å². The van der Waals surface area contributed by atoms with Crippen LogP contribution in [0.2, 0.25) is 5.02 Å². The van der Waals surface area contributed by atoms with Gasteiger partial charge in [0.2, 0.25) is 0 Å². The summed E-state index contributed by atoms with van der Waals surface area (Å²) < 4.78 is 6.30. The molecule has 0 N–H and O–H groups in total. The number of hydrogen-bond acceptors (Lipinski definition) is 4. The minimum atomic E-state index is -0.0315. The topological polar surface area (TPSA) is 45.1 Å². The number of piperazine rings is 1. The van der Waals surface area contributed by atoms with Crippen molar-refractivity contribution in [3.05, 3.63) is 87.9 Å². The van der Waals surface area contributed by atoms with Crippen LogP contribution in [0.4, 0.5) is 5.69 Å². The van der Waals surface area contributed by atoms with Gasteiger partial charge in [-0.25, -0.2) is 4.99 Å². The summed E-state index contributed by atoms with van der Waals surface area (Å²) in [5, 5.41) is 0.485. The zero-order chi connectivity index (χ0) is 23.1. The molecule has 6 heteroatoms. The number of amidine groups is 1. The van der Waals surface area contributed by atoms with E-state index in [-0.39, 0.29) is 11.9 Å². The minimum Gasteiger partial charge on any atom is -0.454 e. The highest BCUT2D eigenvalue weighted by molar-refractivity contribution is 6.33. The molecule has 0 spiro atoms. The van der Waals surface area contributed by atoms with Crippen molar-refractivity contribution in [2.45, 2.75) is 26.8 Å². The maximum absolute atomic E-state index is 13.2. The lowest BCUT2D eigenvalue weighted by Gasteiger charge is -2.41. The molecular weight excluding hydrogens is 434 g/mol. The summed E-state index contributed by atoms with van der Waals surface area (Å²) in [4.78, 5) is 22.4. The third kappa shape index (κ3) is 4.09. The fourth-order valence-corrected chi connectivity index (χ4v) is 4.69. The summed E-state index contributed by atoms with van der Waals surface area (Å²) in [6.07, 6.45) is 0. The molecule has 1 fully saturated rings. The molecule has 1 amide bonds. The Morgan fingerprint density at radius 2 is 1.76 bits per heavy atom. The van der Waals surface area contributed by atoms with Crippen molar-refractivity contribution >= 4 is 29.0 Å². The van der Waals surface area contributed by atoms with Crippen LogP contribution in [0.3, 0.4) is 0 Å². The van der Waals surface area contributed by atoms with E-state index < -0.39 is 0 Å². The number of carbonyl (C=O) groups is 1. The van der Waals surface area contributed by atoms with Crippen LogP contribution in [0.15, 0.2) is 65.7 Å². The van der Waals surface area contributed by atoms with Crippen LogP contribution in [-0.4, -0.2) is 47.2 Å². The Bertz CT molecular complexity index is 1270. The van der Waals surface area contributed by atoms with Crippen molar-refractivity contribution in [1.82, 2.24) is 9.80 Å². The van der Waals surface area contributed by atoms with Gasteiger partial charge in [-0.3, -0.25) is 4.79 Å². The van der Waals surface area contributed by atoms with E-state index in [4.69, 9.17) is 21.3 Å². The fraction of sp³-hybridized carbons (Fsp3) is 0.259. The average Bonchev–Trinajstić information content (AvgIpc) is 2.95. The van der Waals surface area contributed by atoms with E-state index in [1.54, 1.807) is 12.1 Å². The quantitative estimate of drug-likeness (QED) is 0.449. The Morgan fingerprint density at radius 1 is 1.00 bits per heavy atom. The van der Waals surface area contributed by atoms with Crippen LogP contribution in [0.1, 0.15) is 34.0 Å². The van der Waals surface area contributed by atoms with E-state index in [1.165, 1.54) is 0 Å². The van der Waals surface area contributed by atoms with Gasteiger partial charge in [-0.05, 0) is 62.7 Å². The average molecular weight is 460 g/mol. The van der Waals surface area contributed by atoms with Gasteiger partial charge in [0.1, 0.15) is 17.3 Å². The number of rotatable bonds is 1. The second-order valence-corrected chi connectivity index (χ2v) is 9.19. The molecule has 1 saturated heterocycles. The van der Waals surface area contributed by atoms with Gasteiger partial charge in [-0.15, -0.1) is 0 Å². The summed E-state index contributed by atoms with van der Waals surface area (Å²) in [6, 6.07) is 19.5. The van der Waals surface area contributed by atoms with Crippen LogP contribution < -0.4 is 4.74 Å². The summed E-state index contributed by atoms with van der Waals surface area (Å²) >= 11 is 6.29. The summed E-state index contributed by atoms with van der Waals surface area (Å²) in [6.45, 7) is 8.13. The number of nitrogens with zero attached hydrogens (tertiary/aromatic N) is 3. The molecule has 5 nitrogen and oxygen atoms in total. The largest absolute Gasteiger partial charge is 0.454 e. The molecule has 5 rings (SSSR count). The molecule has 1 atom stereocenters. The molecule has 2 aliphatic rings. The monoisotopic (exact) mass is 459 g/mol. The molecule has 2 heterocycles. The van der Waals surface area contributed by atoms with Crippen molar-refractivity contribution in [2.75, 3.05) is 19.6 Å². The zero-order valence-corrected chi connectivity index (χ0v) is 19.8. The van der Waals surface area contributed by atoms with Gasteiger partial charge >= 0.3 is 0 Å². The molecule has 1 unspecified atom stereocenters. The van der Waals surface area contributed by atoms with Crippen LogP contribution in [-0.2, 0) is 0 Å². The van der Waals surface area contributed by atoms with Crippen LogP contribution in [0.25, 0.3) is 0 Å². The zero-order valence-electron chi connectivity index (χ0n) is 19.0. The van der Waals surface area contributed by atoms with Crippen LogP contribution in [0.5, 0.6) is 11.5 Å². The normalized spacial score (nSPS) is 17.5. The SMILES string of the molecule is Cc1ccc2c(c1)Oc1ccc(C)cc1C(N1CCN(C(=O)c3ccccc3Cl)C(C)C1)=N2. The molecule has 0 aromatic heterocycles. The van der Waals surface area contributed by atoms with Gasteiger partial charge < -0.3 is 14.5 Å². The maximum atomic E-state index is 13.2. The van der Waals surface area contributed by atoms with E-state index >= 15 is 0 Å². The number of fused-ring (bicyclic) bond motifs is 2. The number of ether oxygens (including phenoxy) is 1. The lowest BCUT2D eigenvalue weighted by Crippen LogP contribution is -2.55. The fourth-order valence-electron chi connectivity index (χ4n) is 4.48. The highest BCUT2D eigenvalue weighted by Gasteiger charge is 2.32. The Morgan fingerprint density at radius 3 is 2.55 bits per heavy atom. The molecule has 0 saturated carbocycles. The molecule has 0 bridgehead atoms.